The molecule has 1 aliphatic rings. The molecule has 1 aromatic carbocycles. The van der Waals surface area contributed by atoms with Crippen LogP contribution in [0, 0.1) is 26.7 Å². The van der Waals surface area contributed by atoms with Crippen LogP contribution < -0.4 is 10.6 Å². The van der Waals surface area contributed by atoms with E-state index in [1.54, 1.807) is 14.0 Å². The molecule has 0 saturated heterocycles. The van der Waals surface area contributed by atoms with Gasteiger partial charge in [-0.3, -0.25) is 9.59 Å². The average molecular weight is 330 g/mol. The summed E-state index contributed by atoms with van der Waals surface area (Å²) in [6.45, 7) is 8.46. The number of nitrogens with one attached hydrogen (secondary N) is 2. The fraction of sp³-hybridized carbons (Fsp3) is 0.600. The number of hydrogen-bond donors (Lipinski definition) is 2. The maximum absolute atomic E-state index is 12.1. The second-order valence-electron chi connectivity index (χ2n) is 7.04. The molecule has 0 aliphatic heterocycles. The average Bonchev–Trinajstić information content (AvgIpc) is 2.53. The quantitative estimate of drug-likeness (QED) is 0.815. The first-order valence-corrected chi connectivity index (χ1v) is 8.92. The van der Waals surface area contributed by atoms with Crippen molar-refractivity contribution in [3.05, 3.63) is 33.9 Å². The topological polar surface area (TPSA) is 58.2 Å². The molecule has 2 atom stereocenters. The van der Waals surface area contributed by atoms with Crippen LogP contribution in [0.25, 0.3) is 0 Å². The predicted molar refractivity (Wildman–Crippen MR) is 97.3 cm³/mol. The lowest BCUT2D eigenvalue weighted by Gasteiger charge is -2.31. The Balaban J connectivity index is 2.20. The van der Waals surface area contributed by atoms with E-state index >= 15 is 0 Å². The van der Waals surface area contributed by atoms with Crippen LogP contribution in [0.2, 0.25) is 0 Å². The van der Waals surface area contributed by atoms with E-state index in [9.17, 15) is 9.59 Å². The highest BCUT2D eigenvalue weighted by Gasteiger charge is 2.30. The highest BCUT2D eigenvalue weighted by molar-refractivity contribution is 5.97. The normalized spacial score (nSPS) is 20.7. The zero-order chi connectivity index (χ0) is 17.9. The van der Waals surface area contributed by atoms with Crippen molar-refractivity contribution in [2.45, 2.75) is 66.0 Å². The van der Waals surface area contributed by atoms with Crippen LogP contribution in [0.5, 0.6) is 0 Å². The molecule has 1 aliphatic carbocycles. The van der Waals surface area contributed by atoms with E-state index in [2.05, 4.69) is 23.6 Å². The molecule has 1 saturated carbocycles. The summed E-state index contributed by atoms with van der Waals surface area (Å²) in [5, 5.41) is 6.39. The molecule has 0 bridgehead atoms. The summed E-state index contributed by atoms with van der Waals surface area (Å²) in [6.07, 6.45) is 4.26. The number of Topliss-reactive ketones (excluding diaryl/α,β-unsaturated/α-hetero) is 1. The minimum atomic E-state index is 0.0436. The third kappa shape index (κ3) is 3.86. The Hall–Kier alpha value is -1.68. The summed E-state index contributed by atoms with van der Waals surface area (Å²) < 4.78 is 0. The number of hydrogen-bond acceptors (Lipinski definition) is 3. The summed E-state index contributed by atoms with van der Waals surface area (Å²) in [5.74, 6) is 0.295. The fourth-order valence-electron chi connectivity index (χ4n) is 4.15. The van der Waals surface area contributed by atoms with Crippen molar-refractivity contribution < 1.29 is 9.59 Å². The van der Waals surface area contributed by atoms with Crippen molar-refractivity contribution >= 4 is 11.7 Å². The highest BCUT2D eigenvalue weighted by atomic mass is 16.1. The van der Waals surface area contributed by atoms with Crippen LogP contribution in [0.4, 0.5) is 0 Å². The lowest BCUT2D eigenvalue weighted by Crippen LogP contribution is -2.45. The molecule has 0 unspecified atom stereocenters. The molecule has 1 amide bonds. The Morgan fingerprint density at radius 3 is 2.42 bits per heavy atom. The van der Waals surface area contributed by atoms with Gasteiger partial charge in [-0.05, 0) is 62.8 Å². The minimum absolute atomic E-state index is 0.0436. The van der Waals surface area contributed by atoms with Crippen LogP contribution in [-0.4, -0.2) is 24.8 Å². The van der Waals surface area contributed by atoms with Gasteiger partial charge in [-0.2, -0.15) is 0 Å². The summed E-state index contributed by atoms with van der Waals surface area (Å²) in [4.78, 5) is 24.1. The van der Waals surface area contributed by atoms with Crippen molar-refractivity contribution in [1.29, 1.82) is 0 Å². The number of rotatable bonds is 5. The van der Waals surface area contributed by atoms with Crippen molar-refractivity contribution in [2.24, 2.45) is 5.92 Å². The van der Waals surface area contributed by atoms with E-state index in [-0.39, 0.29) is 23.7 Å². The molecule has 4 heteroatoms. The molecule has 4 nitrogen and oxygen atoms in total. The molecule has 0 radical (unpaired) electrons. The van der Waals surface area contributed by atoms with E-state index in [1.807, 2.05) is 13.8 Å². The number of amides is 1. The molecule has 1 aromatic rings. The molecule has 0 heterocycles. The summed E-state index contributed by atoms with van der Waals surface area (Å²) >= 11 is 0. The van der Waals surface area contributed by atoms with Gasteiger partial charge in [0.2, 0.25) is 5.91 Å². The fourth-order valence-corrected chi connectivity index (χ4v) is 4.15. The monoisotopic (exact) mass is 330 g/mol. The molecule has 2 rings (SSSR count). The van der Waals surface area contributed by atoms with E-state index in [0.29, 0.717) is 6.54 Å². The second kappa shape index (κ2) is 7.93. The number of benzene rings is 1. The van der Waals surface area contributed by atoms with Gasteiger partial charge in [0.05, 0.1) is 5.92 Å². The van der Waals surface area contributed by atoms with Crippen LogP contribution in [0.15, 0.2) is 6.07 Å². The third-order valence-corrected chi connectivity index (χ3v) is 5.37. The third-order valence-electron chi connectivity index (χ3n) is 5.37. The van der Waals surface area contributed by atoms with Gasteiger partial charge in [0.1, 0.15) is 0 Å². The van der Waals surface area contributed by atoms with Crippen LogP contribution in [0.3, 0.4) is 0 Å². The largest absolute Gasteiger partial charge is 0.359 e. The smallest absolute Gasteiger partial charge is 0.224 e. The van der Waals surface area contributed by atoms with E-state index in [1.165, 1.54) is 11.1 Å². The Kier molecular flexibility index (Phi) is 6.16. The predicted octanol–water partition coefficient (Wildman–Crippen LogP) is 3.21. The van der Waals surface area contributed by atoms with Gasteiger partial charge in [-0.1, -0.05) is 18.9 Å². The molecule has 1 fully saturated rings. The molecule has 0 spiro atoms. The van der Waals surface area contributed by atoms with Gasteiger partial charge in [0.25, 0.3) is 0 Å². The van der Waals surface area contributed by atoms with Gasteiger partial charge >= 0.3 is 0 Å². The zero-order valence-electron chi connectivity index (χ0n) is 15.6. The van der Waals surface area contributed by atoms with E-state index in [4.69, 9.17) is 0 Å². The number of ketones is 1. The zero-order valence-corrected chi connectivity index (χ0v) is 15.6. The molecule has 0 aromatic heterocycles. The van der Waals surface area contributed by atoms with Crippen LogP contribution in [-0.2, 0) is 11.3 Å². The lowest BCUT2D eigenvalue weighted by molar-refractivity contribution is -0.126. The molecule has 2 N–H and O–H groups in total. The Morgan fingerprint density at radius 2 is 1.79 bits per heavy atom. The Bertz CT molecular complexity index is 637. The van der Waals surface area contributed by atoms with E-state index < -0.39 is 0 Å². The SMILES string of the molecule is CNC(=O)[C@@H]1CCCC[C@H]1NCc1c(C)cc(C)c(C(C)=O)c1C. The number of carbonyl (C=O) groups excluding carboxylic acids is 2. The van der Waals surface area contributed by atoms with Crippen molar-refractivity contribution in [1.82, 2.24) is 10.6 Å². The first kappa shape index (κ1) is 18.7. The highest BCUT2D eigenvalue weighted by Crippen LogP contribution is 2.27. The first-order chi connectivity index (χ1) is 11.4. The summed E-state index contributed by atoms with van der Waals surface area (Å²) in [7, 11) is 1.71. The lowest BCUT2D eigenvalue weighted by atomic mass is 9.83. The van der Waals surface area contributed by atoms with E-state index in [0.717, 1.165) is 42.4 Å². The number of aryl methyl sites for hydroxylation is 2. The van der Waals surface area contributed by atoms with Crippen LogP contribution in [0.1, 0.15) is 65.2 Å². The van der Waals surface area contributed by atoms with Crippen molar-refractivity contribution in [2.75, 3.05) is 7.05 Å². The van der Waals surface area contributed by atoms with Crippen molar-refractivity contribution in [3.63, 3.8) is 0 Å². The Morgan fingerprint density at radius 1 is 1.12 bits per heavy atom. The van der Waals surface area contributed by atoms with Crippen LogP contribution >= 0.6 is 0 Å². The molecule has 24 heavy (non-hydrogen) atoms. The summed E-state index contributed by atoms with van der Waals surface area (Å²) in [5.41, 5.74) is 5.34. The molecular formula is C20H30N2O2. The first-order valence-electron chi connectivity index (χ1n) is 8.92. The van der Waals surface area contributed by atoms with Gasteiger partial charge < -0.3 is 10.6 Å². The molecule has 132 valence electrons. The van der Waals surface area contributed by atoms with Crippen molar-refractivity contribution in [3.8, 4) is 0 Å². The maximum Gasteiger partial charge on any atom is 0.224 e. The summed E-state index contributed by atoms with van der Waals surface area (Å²) in [6, 6.07) is 2.30. The van der Waals surface area contributed by atoms with Gasteiger partial charge in [0, 0.05) is 25.2 Å². The number of carbonyl (C=O) groups is 2. The Labute approximate surface area is 145 Å². The molecular weight excluding hydrogens is 300 g/mol. The standard InChI is InChI=1S/C20H30N2O2/c1-12-10-13(2)19(15(4)23)14(3)17(12)11-22-18-9-7-6-8-16(18)20(24)21-5/h10,16,18,22H,6-9,11H2,1-5H3,(H,21,24)/t16-,18-/m1/s1. The van der Waals surface area contributed by atoms with Gasteiger partial charge in [0.15, 0.2) is 5.78 Å². The second-order valence-corrected chi connectivity index (χ2v) is 7.04. The van der Waals surface area contributed by atoms with Gasteiger partial charge in [-0.15, -0.1) is 0 Å². The minimum Gasteiger partial charge on any atom is -0.359 e. The van der Waals surface area contributed by atoms with Gasteiger partial charge in [-0.25, -0.2) is 0 Å². The maximum atomic E-state index is 12.1.